The minimum absolute atomic E-state index is 0.0631. The molecule has 0 aliphatic heterocycles. The van der Waals surface area contributed by atoms with Gasteiger partial charge in [-0.1, -0.05) is 0 Å². The number of carbonyl (C=O) groups is 1. The number of carbonyl (C=O) groups excluding carboxylic acids is 1. The van der Waals surface area contributed by atoms with Gasteiger partial charge in [-0.25, -0.2) is 28.5 Å². The molecule has 0 unspecified atom stereocenters. The van der Waals surface area contributed by atoms with Crippen LogP contribution in [0.5, 0.6) is 0 Å². The Balaban J connectivity index is 1.39. The molecule has 216 valence electrons. The van der Waals surface area contributed by atoms with Gasteiger partial charge in [0.15, 0.2) is 17.3 Å². The fourth-order valence-electron chi connectivity index (χ4n) is 5.15. The van der Waals surface area contributed by atoms with Gasteiger partial charge in [-0.2, -0.15) is 31.4 Å². The van der Waals surface area contributed by atoms with Crippen LogP contribution < -0.4 is 5.32 Å². The zero-order valence-electron chi connectivity index (χ0n) is 21.1. The third-order valence-corrected chi connectivity index (χ3v) is 7.04. The maximum Gasteiger partial charge on any atom is 0.418 e. The molecule has 17 heteroatoms. The van der Waals surface area contributed by atoms with E-state index in [1.165, 1.54) is 16.9 Å². The summed E-state index contributed by atoms with van der Waals surface area (Å²) in [5.41, 5.74) is -2.58. The highest BCUT2D eigenvalue weighted by molar-refractivity contribution is 5.97. The molecule has 0 spiro atoms. The fourth-order valence-corrected chi connectivity index (χ4v) is 5.15. The Morgan fingerprint density at radius 3 is 2.45 bits per heavy atom. The predicted molar refractivity (Wildman–Crippen MR) is 129 cm³/mol. The van der Waals surface area contributed by atoms with E-state index in [0.717, 1.165) is 18.5 Å². The highest BCUT2D eigenvalue weighted by Crippen LogP contribution is 2.50. The van der Waals surface area contributed by atoms with Crippen LogP contribution in [-0.4, -0.2) is 45.2 Å². The molecule has 1 aliphatic carbocycles. The van der Waals surface area contributed by atoms with Crippen LogP contribution in [0.2, 0.25) is 0 Å². The average Bonchev–Trinajstić information content (AvgIpc) is 3.65. The van der Waals surface area contributed by atoms with Crippen molar-refractivity contribution < 1.29 is 35.5 Å². The molecule has 0 aromatic carbocycles. The Labute approximate surface area is 230 Å². The first-order chi connectivity index (χ1) is 19.8. The normalized spacial score (nSPS) is 18.5. The number of alkyl halides is 5. The van der Waals surface area contributed by atoms with Gasteiger partial charge in [-0.05, 0) is 19.4 Å². The second-order valence-corrected chi connectivity index (χ2v) is 9.71. The van der Waals surface area contributed by atoms with E-state index >= 15 is 0 Å². The first-order valence-electron chi connectivity index (χ1n) is 12.1. The molecular formula is C25H16F7N9O. The number of amides is 1. The Morgan fingerprint density at radius 1 is 1.05 bits per heavy atom. The smallest absolute Gasteiger partial charge is 0.324 e. The first-order valence-corrected chi connectivity index (χ1v) is 12.1. The fraction of sp³-hybridized carbons (Fsp3) is 0.240. The molecule has 2 atom stereocenters. The number of anilines is 1. The summed E-state index contributed by atoms with van der Waals surface area (Å²) in [4.78, 5) is 28.6. The summed E-state index contributed by atoms with van der Waals surface area (Å²) in [5.74, 6) is -4.04. The zero-order chi connectivity index (χ0) is 30.0. The third-order valence-electron chi connectivity index (χ3n) is 7.04. The number of nitrogens with one attached hydrogen (secondary N) is 1. The van der Waals surface area contributed by atoms with Gasteiger partial charge in [-0.3, -0.25) is 9.78 Å². The molecule has 5 aromatic rings. The van der Waals surface area contributed by atoms with Crippen LogP contribution in [-0.2, 0) is 16.4 Å². The monoisotopic (exact) mass is 591 g/mol. The molecule has 6 rings (SSSR count). The van der Waals surface area contributed by atoms with E-state index < -0.39 is 58.8 Å². The van der Waals surface area contributed by atoms with Crippen molar-refractivity contribution in [3.05, 3.63) is 83.5 Å². The van der Waals surface area contributed by atoms with Crippen LogP contribution in [0.15, 0.2) is 49.3 Å². The van der Waals surface area contributed by atoms with Crippen LogP contribution in [0, 0.1) is 11.8 Å². The summed E-state index contributed by atoms with van der Waals surface area (Å²) in [6.45, 7) is -1.31. The maximum absolute atomic E-state index is 14.1. The Kier molecular flexibility index (Phi) is 6.20. The van der Waals surface area contributed by atoms with Crippen molar-refractivity contribution in [1.29, 1.82) is 0 Å². The van der Waals surface area contributed by atoms with Crippen molar-refractivity contribution in [3.63, 3.8) is 0 Å². The minimum atomic E-state index is -4.94. The first kappa shape index (κ1) is 27.2. The van der Waals surface area contributed by atoms with Crippen molar-refractivity contribution in [3.8, 4) is 11.5 Å². The summed E-state index contributed by atoms with van der Waals surface area (Å²) in [7, 11) is 0. The van der Waals surface area contributed by atoms with E-state index in [-0.39, 0.29) is 34.6 Å². The topological polar surface area (TPSA) is 116 Å². The molecule has 42 heavy (non-hydrogen) atoms. The van der Waals surface area contributed by atoms with Gasteiger partial charge in [0.05, 0.1) is 47.7 Å². The van der Waals surface area contributed by atoms with Gasteiger partial charge in [0.2, 0.25) is 11.9 Å². The van der Waals surface area contributed by atoms with E-state index in [4.69, 9.17) is 0 Å². The number of hydrogen-bond donors (Lipinski definition) is 1. The van der Waals surface area contributed by atoms with Crippen LogP contribution >= 0.6 is 0 Å². The molecule has 0 fully saturated rings. The molecule has 1 amide bonds. The Morgan fingerprint density at radius 2 is 1.79 bits per heavy atom. The lowest BCUT2D eigenvalue weighted by Crippen LogP contribution is -2.25. The standard InChI is InChI=1S/C25H16F7N9O/c1-24(11-5-37-40(10-11)23(28)29)4-14(15-9-33-18-3-17(27)39-41(18)20(15)24)22(42)38-13-2-16(25(30,31)32)19(34-8-13)21-35-6-12(26)7-36-21/h2-3,5-10,14,23H,4H2,1H3,(H,38,42)/t14-,24+/m0/s1. The number of halogens is 7. The third kappa shape index (κ3) is 4.50. The number of aromatic nitrogens is 8. The van der Waals surface area contributed by atoms with E-state index in [1.54, 1.807) is 6.92 Å². The number of nitrogens with zero attached hydrogens (tertiary/aromatic N) is 8. The molecule has 5 heterocycles. The molecule has 5 aromatic heterocycles. The molecule has 0 bridgehead atoms. The van der Waals surface area contributed by atoms with E-state index in [2.05, 4.69) is 35.5 Å². The summed E-state index contributed by atoms with van der Waals surface area (Å²) >= 11 is 0. The van der Waals surface area contributed by atoms with Crippen LogP contribution in [0.25, 0.3) is 17.2 Å². The van der Waals surface area contributed by atoms with E-state index in [1.807, 2.05) is 0 Å². The molecule has 10 nitrogen and oxygen atoms in total. The number of fused-ring (bicyclic) bond motifs is 3. The number of hydrogen-bond acceptors (Lipinski definition) is 7. The van der Waals surface area contributed by atoms with Crippen LogP contribution in [0.4, 0.5) is 36.4 Å². The van der Waals surface area contributed by atoms with E-state index in [0.29, 0.717) is 23.1 Å². The van der Waals surface area contributed by atoms with Gasteiger partial charge in [0.25, 0.3) is 0 Å². The van der Waals surface area contributed by atoms with E-state index in [9.17, 15) is 35.5 Å². The predicted octanol–water partition coefficient (Wildman–Crippen LogP) is 4.90. The Hall–Kier alpha value is -4.96. The molecular weight excluding hydrogens is 575 g/mol. The number of rotatable bonds is 5. The Bertz CT molecular complexity index is 1830. The molecule has 0 saturated carbocycles. The second-order valence-electron chi connectivity index (χ2n) is 9.71. The van der Waals surface area contributed by atoms with Crippen molar-refractivity contribution in [2.45, 2.75) is 37.4 Å². The average molecular weight is 591 g/mol. The lowest BCUT2D eigenvalue weighted by atomic mass is 9.80. The summed E-state index contributed by atoms with van der Waals surface area (Å²) in [6.07, 6.45) is 0.936. The van der Waals surface area contributed by atoms with Gasteiger partial charge >= 0.3 is 12.7 Å². The minimum Gasteiger partial charge on any atom is -0.324 e. The van der Waals surface area contributed by atoms with Gasteiger partial charge in [0.1, 0.15) is 5.69 Å². The lowest BCUT2D eigenvalue weighted by molar-refractivity contribution is -0.137. The second kappa shape index (κ2) is 9.56. The largest absolute Gasteiger partial charge is 0.418 e. The molecule has 0 saturated heterocycles. The van der Waals surface area contributed by atoms with Gasteiger partial charge in [-0.15, -0.1) is 5.10 Å². The molecule has 0 radical (unpaired) electrons. The maximum atomic E-state index is 14.1. The zero-order valence-corrected chi connectivity index (χ0v) is 21.1. The lowest BCUT2D eigenvalue weighted by Gasteiger charge is -2.24. The van der Waals surface area contributed by atoms with Crippen molar-refractivity contribution in [2.24, 2.45) is 0 Å². The summed E-state index contributed by atoms with van der Waals surface area (Å²) in [5, 5.41) is 9.91. The van der Waals surface area contributed by atoms with Gasteiger partial charge < -0.3 is 5.32 Å². The highest BCUT2D eigenvalue weighted by atomic mass is 19.4. The van der Waals surface area contributed by atoms with Crippen molar-refractivity contribution in [2.75, 3.05) is 5.32 Å². The quantitative estimate of drug-likeness (QED) is 0.289. The summed E-state index contributed by atoms with van der Waals surface area (Å²) < 4.78 is 97.3. The highest BCUT2D eigenvalue weighted by Gasteiger charge is 2.48. The SMILES string of the molecule is C[C@]1(c2cnn(C(F)F)c2)C[C@H](C(=O)Nc2cnc(-c3ncc(F)cn3)c(C(F)(F)F)c2)c2cnc3cc(F)nn3c21. The molecule has 1 aliphatic rings. The summed E-state index contributed by atoms with van der Waals surface area (Å²) in [6, 6.07) is 1.69. The van der Waals surface area contributed by atoms with Crippen LogP contribution in [0.3, 0.4) is 0 Å². The van der Waals surface area contributed by atoms with Crippen molar-refractivity contribution in [1.82, 2.24) is 39.3 Å². The molecule has 1 N–H and O–H groups in total. The van der Waals surface area contributed by atoms with Crippen LogP contribution in [0.1, 0.15) is 48.2 Å². The van der Waals surface area contributed by atoms with Crippen molar-refractivity contribution >= 4 is 17.2 Å². The van der Waals surface area contributed by atoms with Gasteiger partial charge in [0, 0.05) is 35.0 Å². The number of pyridine rings is 1.